The molecule has 0 amide bonds. The van der Waals surface area contributed by atoms with Crippen LogP contribution in [0.2, 0.25) is 0 Å². The van der Waals surface area contributed by atoms with Crippen LogP contribution in [-0.4, -0.2) is 60.1 Å². The summed E-state index contributed by atoms with van der Waals surface area (Å²) in [7, 11) is 3.81. The summed E-state index contributed by atoms with van der Waals surface area (Å²) in [5.74, 6) is 0. The number of thiazole rings is 1. The third-order valence-electron chi connectivity index (χ3n) is 3.20. The first-order valence-corrected chi connectivity index (χ1v) is 7.51. The minimum Gasteiger partial charge on any atom is -0.389 e. The summed E-state index contributed by atoms with van der Waals surface area (Å²) < 4.78 is 5.14. The molecule has 1 saturated heterocycles. The van der Waals surface area contributed by atoms with Crippen molar-refractivity contribution < 1.29 is 4.74 Å². The minimum absolute atomic E-state index is 0.411. The van der Waals surface area contributed by atoms with Gasteiger partial charge in [-0.3, -0.25) is 4.90 Å². The van der Waals surface area contributed by atoms with Crippen LogP contribution in [0.15, 0.2) is 0 Å². The average Bonchev–Trinajstić information content (AvgIpc) is 2.76. The molecule has 106 valence electrons. The topological polar surface area (TPSA) is 54.6 Å². The van der Waals surface area contributed by atoms with Crippen molar-refractivity contribution in [1.29, 1.82) is 0 Å². The van der Waals surface area contributed by atoms with Crippen molar-refractivity contribution in [2.24, 2.45) is 5.73 Å². The van der Waals surface area contributed by atoms with Crippen LogP contribution in [0.25, 0.3) is 0 Å². The van der Waals surface area contributed by atoms with Crippen molar-refractivity contribution >= 4 is 28.5 Å². The van der Waals surface area contributed by atoms with E-state index in [2.05, 4.69) is 21.8 Å². The maximum Gasteiger partial charge on any atom is 0.116 e. The van der Waals surface area contributed by atoms with Crippen LogP contribution in [0.5, 0.6) is 0 Å². The molecule has 2 N–H and O–H groups in total. The first kappa shape index (κ1) is 14.8. The molecule has 0 aromatic carbocycles. The van der Waals surface area contributed by atoms with Gasteiger partial charge in [0, 0.05) is 33.3 Å². The van der Waals surface area contributed by atoms with Gasteiger partial charge in [-0.05, 0) is 7.05 Å². The third-order valence-corrected chi connectivity index (χ3v) is 4.65. The normalized spacial score (nSPS) is 17.8. The van der Waals surface area contributed by atoms with E-state index < -0.39 is 0 Å². The van der Waals surface area contributed by atoms with Crippen LogP contribution in [0, 0.1) is 0 Å². The van der Waals surface area contributed by atoms with Gasteiger partial charge in [-0.15, -0.1) is 11.3 Å². The molecule has 0 spiro atoms. The quantitative estimate of drug-likeness (QED) is 0.807. The summed E-state index contributed by atoms with van der Waals surface area (Å²) >= 11 is 6.66. The lowest BCUT2D eigenvalue weighted by molar-refractivity contribution is 0.147. The van der Waals surface area contributed by atoms with Crippen LogP contribution in [0.3, 0.4) is 0 Å². The summed E-state index contributed by atoms with van der Waals surface area (Å²) in [5.41, 5.74) is 6.60. The molecule has 19 heavy (non-hydrogen) atoms. The Morgan fingerprint density at radius 3 is 2.68 bits per heavy atom. The molecule has 2 rings (SSSR count). The number of likely N-dealkylation sites (N-methyl/N-ethyl adjacent to an activating group) is 1. The summed E-state index contributed by atoms with van der Waals surface area (Å²) in [6.45, 7) is 5.72. The van der Waals surface area contributed by atoms with Crippen LogP contribution in [-0.2, 0) is 17.9 Å². The number of nitrogens with two attached hydrogens (primary N) is 1. The first-order chi connectivity index (χ1) is 9.10. The maximum atomic E-state index is 5.74. The molecule has 0 radical (unpaired) electrons. The fourth-order valence-electron chi connectivity index (χ4n) is 2.09. The van der Waals surface area contributed by atoms with Crippen molar-refractivity contribution in [2.45, 2.75) is 13.2 Å². The van der Waals surface area contributed by atoms with Gasteiger partial charge in [-0.25, -0.2) is 4.98 Å². The van der Waals surface area contributed by atoms with Crippen LogP contribution >= 0.6 is 23.6 Å². The van der Waals surface area contributed by atoms with E-state index in [4.69, 9.17) is 22.7 Å². The van der Waals surface area contributed by atoms with E-state index >= 15 is 0 Å². The van der Waals surface area contributed by atoms with Crippen LogP contribution < -0.4 is 5.73 Å². The number of ether oxygens (including phenoxy) is 1. The molecule has 0 bridgehead atoms. The van der Waals surface area contributed by atoms with Crippen LogP contribution in [0.1, 0.15) is 15.6 Å². The number of nitrogens with zero attached hydrogens (tertiary/aromatic N) is 3. The lowest BCUT2D eigenvalue weighted by Gasteiger charge is -2.31. The van der Waals surface area contributed by atoms with Gasteiger partial charge in [0.1, 0.15) is 10.00 Å². The Bertz CT molecular complexity index is 441. The number of thiocarbonyl (C=S) groups is 1. The molecule has 5 nitrogen and oxygen atoms in total. The second-order valence-corrected chi connectivity index (χ2v) is 6.28. The zero-order chi connectivity index (χ0) is 13.8. The summed E-state index contributed by atoms with van der Waals surface area (Å²) in [6.07, 6.45) is 0. The Kier molecular flexibility index (Phi) is 5.23. The smallest absolute Gasteiger partial charge is 0.116 e. The Morgan fingerprint density at radius 2 is 2.11 bits per heavy atom. The Morgan fingerprint density at radius 1 is 1.42 bits per heavy atom. The molecule has 0 aliphatic carbocycles. The Labute approximate surface area is 123 Å². The highest BCUT2D eigenvalue weighted by atomic mass is 32.1. The van der Waals surface area contributed by atoms with Crippen molar-refractivity contribution in [2.75, 3.05) is 40.3 Å². The number of piperazine rings is 1. The second-order valence-electron chi connectivity index (χ2n) is 4.76. The van der Waals surface area contributed by atoms with E-state index in [1.165, 1.54) is 0 Å². The lowest BCUT2D eigenvalue weighted by atomic mass is 10.3. The molecule has 1 aliphatic rings. The molecule has 1 aromatic rings. The highest BCUT2D eigenvalue weighted by Crippen LogP contribution is 2.21. The van der Waals surface area contributed by atoms with Crippen LogP contribution in [0.4, 0.5) is 0 Å². The molecule has 1 aromatic heterocycles. The summed E-state index contributed by atoms with van der Waals surface area (Å²) in [6, 6.07) is 0. The highest BCUT2D eigenvalue weighted by Gasteiger charge is 2.18. The molecule has 1 fully saturated rings. The Balaban J connectivity index is 2.04. The second kappa shape index (κ2) is 6.71. The largest absolute Gasteiger partial charge is 0.389 e. The molecule has 0 unspecified atom stereocenters. The number of aromatic nitrogens is 1. The zero-order valence-electron chi connectivity index (χ0n) is 11.4. The van der Waals surface area contributed by atoms with Gasteiger partial charge < -0.3 is 15.4 Å². The predicted molar refractivity (Wildman–Crippen MR) is 81.5 cm³/mol. The van der Waals surface area contributed by atoms with Crippen molar-refractivity contribution in [3.8, 4) is 0 Å². The van der Waals surface area contributed by atoms with Gasteiger partial charge in [-0.2, -0.15) is 0 Å². The minimum atomic E-state index is 0.411. The van der Waals surface area contributed by atoms with E-state index in [0.29, 0.717) is 11.6 Å². The van der Waals surface area contributed by atoms with E-state index in [0.717, 1.165) is 48.3 Å². The van der Waals surface area contributed by atoms with Gasteiger partial charge >= 0.3 is 0 Å². The fraction of sp³-hybridized carbons (Fsp3) is 0.667. The summed E-state index contributed by atoms with van der Waals surface area (Å²) in [4.78, 5) is 10.7. The lowest BCUT2D eigenvalue weighted by Crippen LogP contribution is -2.43. The van der Waals surface area contributed by atoms with Crippen molar-refractivity contribution in [1.82, 2.24) is 14.8 Å². The van der Waals surface area contributed by atoms with Gasteiger partial charge in [0.2, 0.25) is 0 Å². The van der Waals surface area contributed by atoms with E-state index in [-0.39, 0.29) is 0 Å². The number of hydrogen-bond donors (Lipinski definition) is 1. The third kappa shape index (κ3) is 3.93. The number of rotatable bonds is 5. The molecule has 0 saturated carbocycles. The van der Waals surface area contributed by atoms with Crippen molar-refractivity contribution in [3.63, 3.8) is 0 Å². The standard InChI is InChI=1S/C12H20N4OS2/c1-15-3-5-16(6-4-15)7-10-14-9(8-17-2)11(19-10)12(13)18/h3-8H2,1-2H3,(H2,13,18). The van der Waals surface area contributed by atoms with E-state index in [9.17, 15) is 0 Å². The fourth-order valence-corrected chi connectivity index (χ4v) is 3.30. The zero-order valence-corrected chi connectivity index (χ0v) is 13.0. The van der Waals surface area contributed by atoms with E-state index in [1.54, 1.807) is 18.4 Å². The molecule has 7 heteroatoms. The van der Waals surface area contributed by atoms with Gasteiger partial charge in [-0.1, -0.05) is 12.2 Å². The molecule has 1 aliphatic heterocycles. The maximum absolute atomic E-state index is 5.74. The number of methoxy groups -OCH3 is 1. The van der Waals surface area contributed by atoms with E-state index in [1.807, 2.05) is 0 Å². The predicted octanol–water partition coefficient (Wildman–Crippen LogP) is 0.671. The Hall–Kier alpha value is -0.600. The molecule has 0 atom stereocenters. The monoisotopic (exact) mass is 300 g/mol. The average molecular weight is 300 g/mol. The van der Waals surface area contributed by atoms with Gasteiger partial charge in [0.05, 0.1) is 23.7 Å². The molecular weight excluding hydrogens is 280 g/mol. The van der Waals surface area contributed by atoms with Gasteiger partial charge in [0.25, 0.3) is 0 Å². The highest BCUT2D eigenvalue weighted by molar-refractivity contribution is 7.81. The molecular formula is C12H20N4OS2. The first-order valence-electron chi connectivity index (χ1n) is 6.28. The van der Waals surface area contributed by atoms with Gasteiger partial charge in [0.15, 0.2) is 0 Å². The molecule has 2 heterocycles. The summed E-state index contributed by atoms with van der Waals surface area (Å²) in [5, 5.41) is 1.07. The number of hydrogen-bond acceptors (Lipinski definition) is 6. The van der Waals surface area contributed by atoms with Crippen molar-refractivity contribution in [3.05, 3.63) is 15.6 Å². The SMILES string of the molecule is COCc1nc(CN2CCN(C)CC2)sc1C(N)=S.